The van der Waals surface area contributed by atoms with Crippen LogP contribution in [0, 0.1) is 0 Å². The quantitative estimate of drug-likeness (QED) is 0.253. The zero-order chi connectivity index (χ0) is 26.1. The maximum atomic E-state index is 13.8. The van der Waals surface area contributed by atoms with Gasteiger partial charge in [0.25, 0.3) is 0 Å². The van der Waals surface area contributed by atoms with Gasteiger partial charge in [0.1, 0.15) is 17.5 Å². The zero-order valence-electron chi connectivity index (χ0n) is 22.2. The van der Waals surface area contributed by atoms with Crippen LogP contribution in [0.1, 0.15) is 77.3 Å². The van der Waals surface area contributed by atoms with Gasteiger partial charge in [0.2, 0.25) is 5.91 Å². The molecule has 194 valence electrons. The second-order valence-electron chi connectivity index (χ2n) is 9.55. The van der Waals surface area contributed by atoms with Crippen LogP contribution in [-0.4, -0.2) is 44.4 Å². The van der Waals surface area contributed by atoms with E-state index in [1.807, 2.05) is 40.9 Å². The Morgan fingerprint density at radius 1 is 0.861 bits per heavy atom. The van der Waals surface area contributed by atoms with Gasteiger partial charge in [0, 0.05) is 30.3 Å². The van der Waals surface area contributed by atoms with Gasteiger partial charge >= 0.3 is 0 Å². The van der Waals surface area contributed by atoms with Gasteiger partial charge in [0.15, 0.2) is 0 Å². The van der Waals surface area contributed by atoms with Crippen LogP contribution in [0.3, 0.4) is 0 Å². The molecule has 1 aromatic heterocycles. The number of phenolic OH excluding ortho intramolecular Hbond substituents is 2. The van der Waals surface area contributed by atoms with Crippen molar-refractivity contribution in [2.24, 2.45) is 0 Å². The molecule has 0 aliphatic rings. The van der Waals surface area contributed by atoms with E-state index in [1.165, 1.54) is 0 Å². The van der Waals surface area contributed by atoms with Crippen molar-refractivity contribution in [3.8, 4) is 34.0 Å². The van der Waals surface area contributed by atoms with Gasteiger partial charge in [-0.2, -0.15) is 5.10 Å². The smallest absolute Gasteiger partial charge is 0.247 e. The normalized spacial score (nSPS) is 12.0. The fraction of sp³-hybridized carbons (Fsp3) is 0.467. The van der Waals surface area contributed by atoms with Crippen molar-refractivity contribution in [3.05, 3.63) is 54.1 Å². The zero-order valence-corrected chi connectivity index (χ0v) is 22.2. The number of phenols is 2. The Labute approximate surface area is 215 Å². The molecule has 2 aromatic carbocycles. The largest absolute Gasteiger partial charge is 0.508 e. The van der Waals surface area contributed by atoms with Crippen LogP contribution in [-0.2, 0) is 11.2 Å². The number of likely N-dealkylation sites (N-methyl/N-ethyl adjacent to an activating group) is 1. The average Bonchev–Trinajstić information content (AvgIpc) is 3.27. The lowest BCUT2D eigenvalue weighted by Crippen LogP contribution is -2.36. The Hall–Kier alpha value is -3.28. The SMILES string of the molecule is CCCCCCC(C(=O)N(C)CCCC)n1nc(-c2ccc(O)cc2)c(CC)c1-c1ccc(O)cc1. The van der Waals surface area contributed by atoms with Crippen LogP contribution in [0.5, 0.6) is 11.5 Å². The van der Waals surface area contributed by atoms with Crippen LogP contribution < -0.4 is 0 Å². The Kier molecular flexibility index (Phi) is 9.97. The summed E-state index contributed by atoms with van der Waals surface area (Å²) in [6, 6.07) is 13.8. The van der Waals surface area contributed by atoms with E-state index in [2.05, 4.69) is 20.8 Å². The minimum atomic E-state index is -0.413. The maximum Gasteiger partial charge on any atom is 0.247 e. The molecule has 1 unspecified atom stereocenters. The lowest BCUT2D eigenvalue weighted by Gasteiger charge is -2.26. The lowest BCUT2D eigenvalue weighted by atomic mass is 9.99. The highest BCUT2D eigenvalue weighted by atomic mass is 16.3. The van der Waals surface area contributed by atoms with E-state index < -0.39 is 6.04 Å². The number of unbranched alkanes of at least 4 members (excludes halogenated alkanes) is 4. The lowest BCUT2D eigenvalue weighted by molar-refractivity contribution is -0.134. The number of hydrogen-bond acceptors (Lipinski definition) is 4. The molecule has 6 heteroatoms. The molecule has 1 atom stereocenters. The molecule has 3 aromatic rings. The standard InChI is InChI=1S/C30H41N3O3/c1-5-8-10-11-12-27(30(36)32(4)21-9-6-2)33-29(23-15-19-25(35)20-16-23)26(7-3)28(31-33)22-13-17-24(34)18-14-22/h13-20,27,34-35H,5-12,21H2,1-4H3. The van der Waals surface area contributed by atoms with Gasteiger partial charge in [-0.15, -0.1) is 0 Å². The first kappa shape index (κ1) is 27.3. The van der Waals surface area contributed by atoms with E-state index in [4.69, 9.17) is 5.10 Å². The minimum absolute atomic E-state index is 0.0855. The number of aromatic hydroxyl groups is 2. The number of aromatic nitrogens is 2. The molecule has 2 N–H and O–H groups in total. The Balaban J connectivity index is 2.17. The third-order valence-corrected chi connectivity index (χ3v) is 6.78. The highest BCUT2D eigenvalue weighted by molar-refractivity contribution is 5.83. The first-order valence-corrected chi connectivity index (χ1v) is 13.4. The molecule has 0 fully saturated rings. The van der Waals surface area contributed by atoms with Crippen molar-refractivity contribution in [2.75, 3.05) is 13.6 Å². The molecule has 0 saturated heterocycles. The maximum absolute atomic E-state index is 13.8. The molecule has 3 rings (SSSR count). The van der Waals surface area contributed by atoms with Gasteiger partial charge in [-0.3, -0.25) is 9.48 Å². The van der Waals surface area contributed by atoms with Gasteiger partial charge in [-0.1, -0.05) is 52.9 Å². The number of amides is 1. The summed E-state index contributed by atoms with van der Waals surface area (Å²) in [5.74, 6) is 0.493. The Morgan fingerprint density at radius 3 is 2.00 bits per heavy atom. The van der Waals surface area contributed by atoms with E-state index in [9.17, 15) is 15.0 Å². The molecule has 0 aliphatic heterocycles. The topological polar surface area (TPSA) is 78.6 Å². The molecule has 0 spiro atoms. The summed E-state index contributed by atoms with van der Waals surface area (Å²) >= 11 is 0. The first-order valence-electron chi connectivity index (χ1n) is 13.4. The monoisotopic (exact) mass is 491 g/mol. The van der Waals surface area contributed by atoms with Crippen molar-refractivity contribution in [3.63, 3.8) is 0 Å². The average molecular weight is 492 g/mol. The Bertz CT molecular complexity index is 1100. The molecule has 0 saturated carbocycles. The van der Waals surface area contributed by atoms with Crippen LogP contribution in [0.15, 0.2) is 48.5 Å². The molecule has 36 heavy (non-hydrogen) atoms. The van der Waals surface area contributed by atoms with Crippen LogP contribution in [0.2, 0.25) is 0 Å². The second-order valence-corrected chi connectivity index (χ2v) is 9.55. The van der Waals surface area contributed by atoms with Gasteiger partial charge in [-0.05, 0) is 67.8 Å². The van der Waals surface area contributed by atoms with E-state index in [0.29, 0.717) is 0 Å². The molecule has 1 amide bonds. The number of hydrogen-bond donors (Lipinski definition) is 2. The van der Waals surface area contributed by atoms with Crippen LogP contribution in [0.25, 0.3) is 22.5 Å². The summed E-state index contributed by atoms with van der Waals surface area (Å²) < 4.78 is 1.93. The van der Waals surface area contributed by atoms with Gasteiger partial charge < -0.3 is 15.1 Å². The van der Waals surface area contributed by atoms with E-state index >= 15 is 0 Å². The van der Waals surface area contributed by atoms with E-state index in [-0.39, 0.29) is 17.4 Å². The summed E-state index contributed by atoms with van der Waals surface area (Å²) in [6.07, 6.45) is 7.78. The predicted octanol–water partition coefficient (Wildman–Crippen LogP) is 6.96. The molecule has 6 nitrogen and oxygen atoms in total. The van der Waals surface area contributed by atoms with Crippen molar-refractivity contribution in [1.82, 2.24) is 14.7 Å². The molecule has 1 heterocycles. The van der Waals surface area contributed by atoms with Crippen LogP contribution in [0.4, 0.5) is 0 Å². The molecule has 0 bridgehead atoms. The van der Waals surface area contributed by atoms with E-state index in [0.717, 1.165) is 86.0 Å². The van der Waals surface area contributed by atoms with Gasteiger partial charge in [0.05, 0.1) is 11.4 Å². The highest BCUT2D eigenvalue weighted by Crippen LogP contribution is 2.37. The summed E-state index contributed by atoms with van der Waals surface area (Å²) in [5.41, 5.74) is 4.61. The molecular weight excluding hydrogens is 450 g/mol. The summed E-state index contributed by atoms with van der Waals surface area (Å²) in [5, 5.41) is 24.8. The van der Waals surface area contributed by atoms with Crippen molar-refractivity contribution >= 4 is 5.91 Å². The van der Waals surface area contributed by atoms with Crippen molar-refractivity contribution < 1.29 is 15.0 Å². The molecule has 0 radical (unpaired) electrons. The predicted molar refractivity (Wildman–Crippen MR) is 146 cm³/mol. The summed E-state index contributed by atoms with van der Waals surface area (Å²) in [6.45, 7) is 7.15. The second kappa shape index (κ2) is 13.1. The third kappa shape index (κ3) is 6.48. The fourth-order valence-corrected chi connectivity index (χ4v) is 4.68. The number of rotatable bonds is 13. The molecule has 0 aliphatic carbocycles. The fourth-order valence-electron chi connectivity index (χ4n) is 4.68. The van der Waals surface area contributed by atoms with E-state index in [1.54, 1.807) is 24.3 Å². The van der Waals surface area contributed by atoms with Gasteiger partial charge in [-0.25, -0.2) is 0 Å². The Morgan fingerprint density at radius 2 is 1.44 bits per heavy atom. The van der Waals surface area contributed by atoms with Crippen LogP contribution >= 0.6 is 0 Å². The summed E-state index contributed by atoms with van der Waals surface area (Å²) in [4.78, 5) is 15.7. The number of carbonyl (C=O) groups excluding carboxylic acids is 1. The number of nitrogens with zero attached hydrogens (tertiary/aromatic N) is 3. The number of benzene rings is 2. The summed E-state index contributed by atoms with van der Waals surface area (Å²) in [7, 11) is 1.89. The highest BCUT2D eigenvalue weighted by Gasteiger charge is 2.30. The molecular formula is C30H41N3O3. The number of carbonyl (C=O) groups is 1. The first-order chi connectivity index (χ1) is 17.4. The minimum Gasteiger partial charge on any atom is -0.508 e. The van der Waals surface area contributed by atoms with Crippen molar-refractivity contribution in [1.29, 1.82) is 0 Å². The third-order valence-electron chi connectivity index (χ3n) is 6.78. The van der Waals surface area contributed by atoms with Crippen molar-refractivity contribution in [2.45, 2.75) is 78.2 Å².